The van der Waals surface area contributed by atoms with Crippen molar-refractivity contribution in [3.05, 3.63) is 11.6 Å². The normalized spacial score (nSPS) is 34.1. The van der Waals surface area contributed by atoms with Gasteiger partial charge < -0.3 is 14.9 Å². The van der Waals surface area contributed by atoms with Crippen molar-refractivity contribution in [1.29, 1.82) is 0 Å². The van der Waals surface area contributed by atoms with Crippen LogP contribution in [0, 0.1) is 28.6 Å². The lowest BCUT2D eigenvalue weighted by atomic mass is 9.45. The van der Waals surface area contributed by atoms with E-state index in [2.05, 4.69) is 13.8 Å². The number of allylic oxidation sites excluding steroid dienone is 1. The molecule has 0 saturated heterocycles. The number of aliphatic hydroxyl groups is 2. The molecule has 0 aliphatic heterocycles. The molecule has 45 heavy (non-hydrogen) atoms. The van der Waals surface area contributed by atoms with E-state index in [1.807, 2.05) is 13.0 Å². The van der Waals surface area contributed by atoms with Crippen LogP contribution in [0.25, 0.3) is 0 Å². The summed E-state index contributed by atoms with van der Waals surface area (Å²) in [5, 5.41) is 23.4. The monoisotopic (exact) mass is 628 g/mol. The van der Waals surface area contributed by atoms with Gasteiger partial charge in [0.1, 0.15) is 5.60 Å². The first-order chi connectivity index (χ1) is 21.6. The van der Waals surface area contributed by atoms with Crippen LogP contribution in [0.3, 0.4) is 0 Å². The van der Waals surface area contributed by atoms with Gasteiger partial charge in [0.25, 0.3) is 0 Å². The first-order valence-electron chi connectivity index (χ1n) is 18.9. The molecular weight excluding hydrogens is 564 g/mol. The van der Waals surface area contributed by atoms with E-state index in [9.17, 15) is 24.6 Å². The number of carbonyl (C=O) groups is 3. The van der Waals surface area contributed by atoms with Gasteiger partial charge in [-0.25, -0.2) is 0 Å². The summed E-state index contributed by atoms with van der Waals surface area (Å²) >= 11 is 0. The predicted octanol–water partition coefficient (Wildman–Crippen LogP) is 8.59. The highest BCUT2D eigenvalue weighted by molar-refractivity contribution is 5.92. The number of unbranched alkanes of at least 4 members (excludes halogenated alkanes) is 14. The van der Waals surface area contributed by atoms with Gasteiger partial charge in [0, 0.05) is 18.3 Å². The Balaban J connectivity index is 1.12. The van der Waals surface area contributed by atoms with Crippen molar-refractivity contribution in [2.24, 2.45) is 28.6 Å². The molecule has 0 aromatic rings. The van der Waals surface area contributed by atoms with E-state index in [-0.39, 0.29) is 34.9 Å². The maximum absolute atomic E-state index is 13.5. The molecule has 0 unspecified atom stereocenters. The van der Waals surface area contributed by atoms with Gasteiger partial charge in [-0.15, -0.1) is 0 Å². The number of rotatable bonds is 19. The molecule has 4 aliphatic rings. The second-order valence-corrected chi connectivity index (χ2v) is 15.8. The second kappa shape index (κ2) is 16.5. The minimum atomic E-state index is -1.60. The number of ketones is 2. The molecule has 4 rings (SSSR count). The van der Waals surface area contributed by atoms with Crippen LogP contribution in [-0.2, 0) is 19.1 Å². The maximum Gasteiger partial charge on any atom is 0.306 e. The number of fused-ring (bicyclic) bond motifs is 5. The van der Waals surface area contributed by atoms with Gasteiger partial charge in [0.15, 0.2) is 12.4 Å². The van der Waals surface area contributed by atoms with E-state index in [0.717, 1.165) is 44.9 Å². The highest BCUT2D eigenvalue weighted by Crippen LogP contribution is 2.67. The summed E-state index contributed by atoms with van der Waals surface area (Å²) in [7, 11) is 0. The lowest BCUT2D eigenvalue weighted by molar-refractivity contribution is -0.184. The van der Waals surface area contributed by atoms with Gasteiger partial charge in [-0.2, -0.15) is 0 Å². The number of hydrogen-bond donors (Lipinski definition) is 2. The fourth-order valence-corrected chi connectivity index (χ4v) is 10.1. The fourth-order valence-electron chi connectivity index (χ4n) is 10.1. The molecule has 0 bridgehead atoms. The van der Waals surface area contributed by atoms with Crippen LogP contribution in [0.4, 0.5) is 0 Å². The predicted molar refractivity (Wildman–Crippen MR) is 179 cm³/mol. The van der Waals surface area contributed by atoms with Crippen LogP contribution < -0.4 is 0 Å². The van der Waals surface area contributed by atoms with Crippen molar-refractivity contribution >= 4 is 17.5 Å². The van der Waals surface area contributed by atoms with Gasteiger partial charge >= 0.3 is 5.97 Å². The summed E-state index contributed by atoms with van der Waals surface area (Å²) in [6.45, 7) is 6.05. The molecule has 6 heteroatoms. The Morgan fingerprint density at radius 2 is 1.42 bits per heavy atom. The molecular formula is C39H64O6. The fraction of sp³-hybridized carbons (Fsp3) is 0.872. The molecule has 0 aromatic carbocycles. The molecule has 0 aromatic heterocycles. The summed E-state index contributed by atoms with van der Waals surface area (Å²) in [6, 6.07) is 0. The van der Waals surface area contributed by atoms with Crippen molar-refractivity contribution < 1.29 is 29.3 Å². The first-order valence-corrected chi connectivity index (χ1v) is 18.9. The lowest BCUT2D eigenvalue weighted by Crippen LogP contribution is -2.62. The smallest absolute Gasteiger partial charge is 0.306 e. The number of ether oxygens (including phenoxy) is 1. The second-order valence-electron chi connectivity index (χ2n) is 15.8. The van der Waals surface area contributed by atoms with Crippen molar-refractivity contribution in [3.63, 3.8) is 0 Å². The zero-order valence-corrected chi connectivity index (χ0v) is 28.9. The summed E-state index contributed by atoms with van der Waals surface area (Å²) in [5.41, 5.74) is -1.39. The van der Waals surface area contributed by atoms with Crippen LogP contribution in [-0.4, -0.2) is 46.1 Å². The largest absolute Gasteiger partial charge is 0.458 e. The van der Waals surface area contributed by atoms with E-state index in [1.54, 1.807) is 0 Å². The van der Waals surface area contributed by atoms with Gasteiger partial charge in [0.05, 0.1) is 6.10 Å². The van der Waals surface area contributed by atoms with Crippen molar-refractivity contribution in [2.75, 3.05) is 6.61 Å². The molecule has 0 spiro atoms. The van der Waals surface area contributed by atoms with Crippen molar-refractivity contribution in [2.45, 2.75) is 180 Å². The van der Waals surface area contributed by atoms with E-state index in [1.165, 1.54) is 82.6 Å². The number of hydrogen-bond acceptors (Lipinski definition) is 6. The molecule has 0 radical (unpaired) electrons. The van der Waals surface area contributed by atoms with Gasteiger partial charge in [-0.05, 0) is 74.2 Å². The van der Waals surface area contributed by atoms with Crippen LogP contribution in [0.5, 0.6) is 0 Å². The van der Waals surface area contributed by atoms with Gasteiger partial charge in [-0.1, -0.05) is 116 Å². The average molecular weight is 629 g/mol. The minimum absolute atomic E-state index is 0.0360. The number of carbonyl (C=O) groups excluding carboxylic acids is 3. The van der Waals surface area contributed by atoms with Crippen molar-refractivity contribution in [3.8, 4) is 0 Å². The zero-order valence-electron chi connectivity index (χ0n) is 28.9. The first kappa shape index (κ1) is 36.3. The summed E-state index contributed by atoms with van der Waals surface area (Å²) < 4.78 is 5.41. The minimum Gasteiger partial charge on any atom is -0.458 e. The topological polar surface area (TPSA) is 101 Å². The molecule has 7 atom stereocenters. The van der Waals surface area contributed by atoms with E-state index >= 15 is 0 Å². The van der Waals surface area contributed by atoms with E-state index < -0.39 is 29.5 Å². The summed E-state index contributed by atoms with van der Waals surface area (Å²) in [6.07, 6.45) is 24.9. The van der Waals surface area contributed by atoms with Gasteiger partial charge in [-0.3, -0.25) is 14.4 Å². The molecule has 3 saturated carbocycles. The number of aliphatic hydroxyl groups excluding tert-OH is 1. The van der Waals surface area contributed by atoms with Crippen LogP contribution in [0.1, 0.15) is 168 Å². The van der Waals surface area contributed by atoms with Crippen LogP contribution >= 0.6 is 0 Å². The van der Waals surface area contributed by atoms with Crippen LogP contribution in [0.2, 0.25) is 0 Å². The van der Waals surface area contributed by atoms with Crippen molar-refractivity contribution in [1.82, 2.24) is 0 Å². The van der Waals surface area contributed by atoms with E-state index in [0.29, 0.717) is 25.7 Å². The quantitative estimate of drug-likeness (QED) is 0.110. The third-order valence-corrected chi connectivity index (χ3v) is 12.9. The molecule has 0 heterocycles. The summed E-state index contributed by atoms with van der Waals surface area (Å²) in [5.74, 6) is -0.249. The Morgan fingerprint density at radius 3 is 2.02 bits per heavy atom. The molecule has 256 valence electrons. The SMILES string of the molecule is CCCCCCCCCCCCCCCCCC(=O)OCC(=O)[C@@]1(O)CC[C@H]2[C@@H]3CCC4=CC(=O)CC[C@]4(C)[C@H]3[C@H](O)C[C@@]21C. The highest BCUT2D eigenvalue weighted by Gasteiger charge is 2.68. The molecule has 4 aliphatic carbocycles. The summed E-state index contributed by atoms with van der Waals surface area (Å²) in [4.78, 5) is 38.1. The Labute approximate surface area is 273 Å². The molecule has 2 N–H and O–H groups in total. The number of esters is 1. The molecule has 3 fully saturated rings. The lowest BCUT2D eigenvalue weighted by Gasteiger charge is -2.60. The molecule has 6 nitrogen and oxygen atoms in total. The Morgan fingerprint density at radius 1 is 0.844 bits per heavy atom. The average Bonchev–Trinajstić information content (AvgIpc) is 3.28. The highest BCUT2D eigenvalue weighted by atomic mass is 16.5. The third-order valence-electron chi connectivity index (χ3n) is 12.9. The Bertz CT molecular complexity index is 1030. The van der Waals surface area contributed by atoms with Crippen LogP contribution in [0.15, 0.2) is 11.6 Å². The Kier molecular flexibility index (Phi) is 13.3. The van der Waals surface area contributed by atoms with E-state index in [4.69, 9.17) is 4.74 Å². The zero-order chi connectivity index (χ0) is 32.5. The molecule has 0 amide bonds. The standard InChI is InChI=1S/C39H64O6/c1-4-5-6-7-8-9-10-11-12-13-14-15-16-17-18-19-35(43)45-28-34(42)39(44)25-23-32-31-21-20-29-26-30(40)22-24-37(29,2)36(31)33(41)27-38(32,39)3/h26,31-33,36,41,44H,4-25,27-28H2,1-3H3/t31-,32-,33+,36+,37-,38-,39-/m0/s1. The number of Topliss-reactive ketones (excluding diaryl/α,β-unsaturated/α-hetero) is 1. The third kappa shape index (κ3) is 8.31. The van der Waals surface area contributed by atoms with Gasteiger partial charge in [0.2, 0.25) is 5.78 Å². The Hall–Kier alpha value is -1.53. The maximum atomic E-state index is 13.5.